The molecule has 20 heavy (non-hydrogen) atoms. The van der Waals surface area contributed by atoms with Crippen LogP contribution in [0.25, 0.3) is 0 Å². The third-order valence-corrected chi connectivity index (χ3v) is 4.75. The first-order chi connectivity index (χ1) is 9.65. The van der Waals surface area contributed by atoms with Crippen molar-refractivity contribution in [1.29, 1.82) is 0 Å². The number of hydrogen-bond donors (Lipinski definition) is 2. The number of aromatic nitrogens is 1. The lowest BCUT2D eigenvalue weighted by Crippen LogP contribution is -2.32. The van der Waals surface area contributed by atoms with Gasteiger partial charge in [-0.2, -0.15) is 0 Å². The Balaban J connectivity index is 1.63. The molecule has 4 nitrogen and oxygen atoms in total. The van der Waals surface area contributed by atoms with Gasteiger partial charge in [0.15, 0.2) is 0 Å². The van der Waals surface area contributed by atoms with Crippen molar-refractivity contribution in [2.75, 3.05) is 13.2 Å². The van der Waals surface area contributed by atoms with Gasteiger partial charge in [-0.3, -0.25) is 0 Å². The summed E-state index contributed by atoms with van der Waals surface area (Å²) in [7, 11) is 0. The average molecular weight is 312 g/mol. The molecule has 0 bridgehead atoms. The van der Waals surface area contributed by atoms with E-state index in [0.717, 1.165) is 5.01 Å². The number of aliphatic hydroxyl groups is 1. The Bertz CT molecular complexity index is 499. The highest BCUT2D eigenvalue weighted by molar-refractivity contribution is 7.11. The number of nitrogens with zero attached hydrogens (tertiary/aromatic N) is 1. The number of ether oxygens (including phenoxy) is 1. The van der Waals surface area contributed by atoms with Crippen LogP contribution in [0.15, 0.2) is 23.7 Å². The van der Waals surface area contributed by atoms with Gasteiger partial charge in [0.2, 0.25) is 0 Å². The van der Waals surface area contributed by atoms with Gasteiger partial charge in [-0.1, -0.05) is 6.07 Å². The van der Waals surface area contributed by atoms with Crippen molar-refractivity contribution in [2.45, 2.75) is 32.6 Å². The molecule has 0 aliphatic rings. The summed E-state index contributed by atoms with van der Waals surface area (Å²) < 4.78 is 5.49. The second-order valence-electron chi connectivity index (χ2n) is 4.69. The van der Waals surface area contributed by atoms with Gasteiger partial charge in [0.1, 0.15) is 5.01 Å². The van der Waals surface area contributed by atoms with Crippen LogP contribution in [0.1, 0.15) is 27.7 Å². The molecule has 2 N–H and O–H groups in total. The second kappa shape index (κ2) is 7.85. The van der Waals surface area contributed by atoms with Gasteiger partial charge in [0.25, 0.3) is 0 Å². The zero-order chi connectivity index (χ0) is 14.4. The number of nitrogens with one attached hydrogen (secondary N) is 1. The van der Waals surface area contributed by atoms with E-state index in [4.69, 9.17) is 4.74 Å². The maximum Gasteiger partial charge on any atom is 0.109 e. The largest absolute Gasteiger partial charge is 0.389 e. The molecule has 2 aromatic rings. The summed E-state index contributed by atoms with van der Waals surface area (Å²) in [4.78, 5) is 6.71. The van der Waals surface area contributed by atoms with Gasteiger partial charge >= 0.3 is 0 Å². The highest BCUT2D eigenvalue weighted by atomic mass is 32.1. The Labute approximate surface area is 127 Å². The molecular weight excluding hydrogens is 292 g/mol. The minimum Gasteiger partial charge on any atom is -0.389 e. The Kier molecular flexibility index (Phi) is 6.12. The number of aryl methyl sites for hydroxylation is 1. The van der Waals surface area contributed by atoms with Crippen LogP contribution < -0.4 is 5.32 Å². The summed E-state index contributed by atoms with van der Waals surface area (Å²) >= 11 is 3.34. The average Bonchev–Trinajstić information content (AvgIpc) is 3.07. The molecule has 0 aliphatic carbocycles. The van der Waals surface area contributed by atoms with Crippen LogP contribution in [-0.4, -0.2) is 29.3 Å². The van der Waals surface area contributed by atoms with E-state index in [1.165, 1.54) is 9.75 Å². The van der Waals surface area contributed by atoms with Crippen LogP contribution in [0.5, 0.6) is 0 Å². The fourth-order valence-corrected chi connectivity index (χ4v) is 3.16. The number of hydrogen-bond acceptors (Lipinski definition) is 6. The fraction of sp³-hybridized carbons (Fsp3) is 0.500. The van der Waals surface area contributed by atoms with Crippen LogP contribution in [0, 0.1) is 6.92 Å². The van der Waals surface area contributed by atoms with Crippen molar-refractivity contribution in [2.24, 2.45) is 0 Å². The quantitative estimate of drug-likeness (QED) is 0.787. The summed E-state index contributed by atoms with van der Waals surface area (Å²) in [6, 6.07) is 4.18. The summed E-state index contributed by atoms with van der Waals surface area (Å²) in [5, 5.41) is 16.2. The lowest BCUT2D eigenvalue weighted by atomic mass is 10.3. The van der Waals surface area contributed by atoms with Gasteiger partial charge in [0, 0.05) is 22.5 Å². The maximum absolute atomic E-state index is 9.88. The molecule has 2 heterocycles. The summed E-state index contributed by atoms with van der Waals surface area (Å²) in [5.41, 5.74) is 0. The molecule has 2 rings (SSSR count). The predicted molar refractivity (Wildman–Crippen MR) is 83.3 cm³/mol. The number of thiazole rings is 1. The van der Waals surface area contributed by atoms with Crippen molar-refractivity contribution in [3.8, 4) is 0 Å². The first-order valence-electron chi connectivity index (χ1n) is 6.59. The number of aliphatic hydroxyl groups excluding tert-OH is 1. The molecule has 0 aliphatic heterocycles. The van der Waals surface area contributed by atoms with Crippen LogP contribution >= 0.6 is 22.7 Å². The molecular formula is C14H20N2O2S2. The lowest BCUT2D eigenvalue weighted by Gasteiger charge is -2.15. The van der Waals surface area contributed by atoms with Crippen LogP contribution in [0.3, 0.4) is 0 Å². The van der Waals surface area contributed by atoms with Crippen molar-refractivity contribution in [3.63, 3.8) is 0 Å². The molecule has 0 radical (unpaired) electrons. The molecule has 0 saturated carbocycles. The highest BCUT2D eigenvalue weighted by Crippen LogP contribution is 2.18. The molecule has 2 aromatic heterocycles. The maximum atomic E-state index is 9.88. The SMILES string of the molecule is Cc1cnc(C(C)NCC(O)COCc2cccs2)s1. The normalized spacial score (nSPS) is 14.3. The highest BCUT2D eigenvalue weighted by Gasteiger charge is 2.11. The number of rotatable bonds is 8. The topological polar surface area (TPSA) is 54.4 Å². The van der Waals surface area contributed by atoms with E-state index >= 15 is 0 Å². The molecule has 0 aromatic carbocycles. The lowest BCUT2D eigenvalue weighted by molar-refractivity contribution is 0.0288. The van der Waals surface area contributed by atoms with E-state index in [-0.39, 0.29) is 6.04 Å². The van der Waals surface area contributed by atoms with Gasteiger partial charge in [-0.05, 0) is 25.3 Å². The second-order valence-corrected chi connectivity index (χ2v) is 6.99. The van der Waals surface area contributed by atoms with Crippen LogP contribution in [0.2, 0.25) is 0 Å². The van der Waals surface area contributed by atoms with E-state index in [0.29, 0.717) is 19.8 Å². The van der Waals surface area contributed by atoms with Crippen molar-refractivity contribution in [1.82, 2.24) is 10.3 Å². The Morgan fingerprint density at radius 1 is 1.50 bits per heavy atom. The van der Waals surface area contributed by atoms with E-state index in [9.17, 15) is 5.11 Å². The Hall–Kier alpha value is -0.790. The third-order valence-electron chi connectivity index (χ3n) is 2.80. The monoisotopic (exact) mass is 312 g/mol. The van der Waals surface area contributed by atoms with Crippen molar-refractivity contribution < 1.29 is 9.84 Å². The molecule has 0 saturated heterocycles. The minimum atomic E-state index is -0.501. The van der Waals surface area contributed by atoms with E-state index in [2.05, 4.69) is 17.2 Å². The van der Waals surface area contributed by atoms with Gasteiger partial charge < -0.3 is 15.2 Å². The molecule has 2 unspecified atom stereocenters. The standard InChI is InChI=1S/C14H20N2O2S2/c1-10-6-16-14(20-10)11(2)15-7-12(17)8-18-9-13-4-3-5-19-13/h3-6,11-12,15,17H,7-9H2,1-2H3. The Morgan fingerprint density at radius 3 is 3.00 bits per heavy atom. The molecule has 2 atom stereocenters. The van der Waals surface area contributed by atoms with Gasteiger partial charge in [-0.15, -0.1) is 22.7 Å². The molecule has 0 spiro atoms. The molecule has 0 fully saturated rings. The first kappa shape index (κ1) is 15.6. The van der Waals surface area contributed by atoms with E-state index in [1.807, 2.05) is 30.6 Å². The smallest absolute Gasteiger partial charge is 0.109 e. The molecule has 6 heteroatoms. The van der Waals surface area contributed by atoms with Gasteiger partial charge in [0.05, 0.1) is 25.4 Å². The van der Waals surface area contributed by atoms with Crippen LogP contribution in [-0.2, 0) is 11.3 Å². The fourth-order valence-electron chi connectivity index (χ4n) is 1.72. The summed E-state index contributed by atoms with van der Waals surface area (Å²) in [5.74, 6) is 0. The predicted octanol–water partition coefficient (Wildman–Crippen LogP) is 2.74. The van der Waals surface area contributed by atoms with Crippen molar-refractivity contribution >= 4 is 22.7 Å². The van der Waals surface area contributed by atoms with E-state index < -0.39 is 6.10 Å². The zero-order valence-electron chi connectivity index (χ0n) is 11.7. The zero-order valence-corrected chi connectivity index (χ0v) is 13.3. The van der Waals surface area contributed by atoms with Crippen molar-refractivity contribution in [3.05, 3.63) is 38.5 Å². The molecule has 110 valence electrons. The molecule has 0 amide bonds. The summed E-state index contributed by atoms with van der Waals surface area (Å²) in [6.07, 6.45) is 1.37. The van der Waals surface area contributed by atoms with Gasteiger partial charge in [-0.25, -0.2) is 4.98 Å². The third kappa shape index (κ3) is 4.96. The summed E-state index contributed by atoms with van der Waals surface area (Å²) in [6.45, 7) is 5.51. The van der Waals surface area contributed by atoms with Crippen LogP contribution in [0.4, 0.5) is 0 Å². The first-order valence-corrected chi connectivity index (χ1v) is 8.28. The number of thiophene rings is 1. The minimum absolute atomic E-state index is 0.153. The van der Waals surface area contributed by atoms with E-state index in [1.54, 1.807) is 22.7 Å². The Morgan fingerprint density at radius 2 is 2.35 bits per heavy atom.